The molecule has 2 saturated carbocycles. The number of ether oxygens (including phenoxy) is 2. The third kappa shape index (κ3) is 3.07. The van der Waals surface area contributed by atoms with Gasteiger partial charge in [-0.15, -0.1) is 0 Å². The van der Waals surface area contributed by atoms with Gasteiger partial charge in [0.05, 0.1) is 11.5 Å². The number of rotatable bonds is 3. The van der Waals surface area contributed by atoms with Crippen molar-refractivity contribution in [2.24, 2.45) is 23.7 Å². The zero-order chi connectivity index (χ0) is 21.4. The number of hydrogen-bond donors (Lipinski definition) is 0. The summed E-state index contributed by atoms with van der Waals surface area (Å²) >= 11 is 6.18. The molecule has 7 atom stereocenters. The Hall–Kier alpha value is -1.30. The third-order valence-corrected chi connectivity index (χ3v) is 9.33. The van der Waals surface area contributed by atoms with Crippen molar-refractivity contribution in [3.8, 4) is 0 Å². The van der Waals surface area contributed by atoms with Gasteiger partial charge in [-0.05, 0) is 56.7 Å². The molecule has 3 saturated heterocycles. The molecule has 6 rings (SSSR count). The zero-order valence-corrected chi connectivity index (χ0v) is 19.3. The summed E-state index contributed by atoms with van der Waals surface area (Å²) in [5.74, 6) is 1.39. The summed E-state index contributed by atoms with van der Waals surface area (Å²) in [5, 5.41) is 0.779. The molecule has 3 heterocycles. The molecule has 3 aliphatic heterocycles. The summed E-state index contributed by atoms with van der Waals surface area (Å²) in [6, 6.07) is 8.09. The fourth-order valence-corrected chi connectivity index (χ4v) is 7.59. The van der Waals surface area contributed by atoms with Crippen LogP contribution in [0.5, 0.6) is 0 Å². The van der Waals surface area contributed by atoms with Gasteiger partial charge in [-0.25, -0.2) is 0 Å². The van der Waals surface area contributed by atoms with Crippen molar-refractivity contribution in [3.05, 3.63) is 29.3 Å². The van der Waals surface area contributed by atoms with Gasteiger partial charge in [0.1, 0.15) is 11.7 Å². The van der Waals surface area contributed by atoms with Crippen LogP contribution >= 0.6 is 11.6 Å². The van der Waals surface area contributed by atoms with Crippen LogP contribution in [-0.4, -0.2) is 60.9 Å². The van der Waals surface area contributed by atoms with Crippen LogP contribution in [-0.2, 0) is 14.3 Å². The smallest absolute Gasteiger partial charge is 0.311 e. The van der Waals surface area contributed by atoms with Crippen LogP contribution in [0.4, 0.5) is 5.69 Å². The quantitative estimate of drug-likeness (QED) is 0.521. The lowest BCUT2D eigenvalue weighted by atomic mass is 9.55. The van der Waals surface area contributed by atoms with Gasteiger partial charge in [-0.3, -0.25) is 9.69 Å². The van der Waals surface area contributed by atoms with Gasteiger partial charge < -0.3 is 14.4 Å². The Morgan fingerprint density at radius 3 is 2.71 bits per heavy atom. The number of benzene rings is 1. The highest BCUT2D eigenvalue weighted by molar-refractivity contribution is 6.30. The van der Waals surface area contributed by atoms with Crippen molar-refractivity contribution in [1.29, 1.82) is 0 Å². The standard InChI is InChI=1S/C25H33ClN2O3/c1-16-6-7-21-19(22(29)30-25(21)20(16)8-9-24(2)23(25)31-24)15-27-10-12-28(13-11-27)18-5-3-4-17(26)14-18/h3-5,14,16,19-21,23H,6-13,15H2,1-2H3/t16-,19?,20+,21+,23-,24-,25-/m1/s1. The Morgan fingerprint density at radius 1 is 1.13 bits per heavy atom. The summed E-state index contributed by atoms with van der Waals surface area (Å²) in [5.41, 5.74) is 0.751. The van der Waals surface area contributed by atoms with E-state index in [1.165, 1.54) is 12.1 Å². The minimum Gasteiger partial charge on any atom is -0.455 e. The maximum atomic E-state index is 13.2. The lowest BCUT2D eigenvalue weighted by Gasteiger charge is -2.50. The predicted molar refractivity (Wildman–Crippen MR) is 120 cm³/mol. The largest absolute Gasteiger partial charge is 0.455 e. The minimum absolute atomic E-state index is 0.0146. The van der Waals surface area contributed by atoms with Crippen molar-refractivity contribution >= 4 is 23.3 Å². The molecule has 0 bridgehead atoms. The second-order valence-corrected chi connectivity index (χ2v) is 11.2. The van der Waals surface area contributed by atoms with Gasteiger partial charge in [-0.1, -0.05) is 24.6 Å². The summed E-state index contributed by atoms with van der Waals surface area (Å²) in [7, 11) is 0. The molecule has 6 heteroatoms. The maximum Gasteiger partial charge on any atom is 0.311 e. The number of epoxide rings is 1. The molecular formula is C25H33ClN2O3. The average Bonchev–Trinajstić information content (AvgIpc) is 3.38. The summed E-state index contributed by atoms with van der Waals surface area (Å²) in [6.45, 7) is 9.24. The second kappa shape index (κ2) is 7.10. The number of nitrogens with zero attached hydrogens (tertiary/aromatic N) is 2. The monoisotopic (exact) mass is 444 g/mol. The van der Waals surface area contributed by atoms with E-state index in [2.05, 4.69) is 29.7 Å². The van der Waals surface area contributed by atoms with E-state index >= 15 is 0 Å². The topological polar surface area (TPSA) is 45.3 Å². The third-order valence-electron chi connectivity index (χ3n) is 9.09. The summed E-state index contributed by atoms with van der Waals surface area (Å²) in [6.07, 6.45) is 4.64. The molecule has 2 aliphatic carbocycles. The first-order chi connectivity index (χ1) is 14.9. The Kier molecular flexibility index (Phi) is 4.65. The molecule has 0 radical (unpaired) electrons. The van der Waals surface area contributed by atoms with Crippen molar-refractivity contribution in [3.63, 3.8) is 0 Å². The number of anilines is 1. The van der Waals surface area contributed by atoms with Gasteiger partial charge in [0.25, 0.3) is 0 Å². The second-order valence-electron chi connectivity index (χ2n) is 10.8. The van der Waals surface area contributed by atoms with Crippen LogP contribution in [0.1, 0.15) is 39.5 Å². The molecule has 5 nitrogen and oxygen atoms in total. The van der Waals surface area contributed by atoms with Gasteiger partial charge in [0.2, 0.25) is 0 Å². The highest BCUT2D eigenvalue weighted by atomic mass is 35.5. The van der Waals surface area contributed by atoms with Gasteiger partial charge in [-0.2, -0.15) is 0 Å². The summed E-state index contributed by atoms with van der Waals surface area (Å²) in [4.78, 5) is 18.1. The first kappa shape index (κ1) is 20.3. The number of carbonyl (C=O) groups excluding carboxylic acids is 1. The molecular weight excluding hydrogens is 412 g/mol. The number of carbonyl (C=O) groups is 1. The highest BCUT2D eigenvalue weighted by Gasteiger charge is 2.77. The van der Waals surface area contributed by atoms with E-state index in [9.17, 15) is 4.79 Å². The molecule has 1 spiro atoms. The van der Waals surface area contributed by atoms with Crippen LogP contribution in [0.3, 0.4) is 0 Å². The average molecular weight is 445 g/mol. The number of hydrogen-bond acceptors (Lipinski definition) is 5. The number of halogens is 1. The Morgan fingerprint density at radius 2 is 1.94 bits per heavy atom. The first-order valence-electron chi connectivity index (χ1n) is 12.0. The SMILES string of the molecule is C[C@@H]1CC[C@H]2C(CN3CCN(c4cccc(Cl)c4)CC3)C(=O)O[C@]23[C@H]1CC[C@@]1(C)O[C@@H]31. The first-order valence-corrected chi connectivity index (χ1v) is 12.4. The lowest BCUT2D eigenvalue weighted by molar-refractivity contribution is -0.168. The molecule has 168 valence electrons. The van der Waals surface area contributed by atoms with Gasteiger partial charge in [0.15, 0.2) is 0 Å². The van der Waals surface area contributed by atoms with Crippen LogP contribution in [0.15, 0.2) is 24.3 Å². The van der Waals surface area contributed by atoms with E-state index < -0.39 is 0 Å². The summed E-state index contributed by atoms with van der Waals surface area (Å²) < 4.78 is 12.6. The van der Waals surface area contributed by atoms with E-state index in [1.54, 1.807) is 0 Å². The lowest BCUT2D eigenvalue weighted by Crippen LogP contribution is -2.58. The Labute approximate surface area is 190 Å². The number of piperazine rings is 1. The van der Waals surface area contributed by atoms with Crippen molar-refractivity contribution < 1.29 is 14.3 Å². The molecule has 1 unspecified atom stereocenters. The van der Waals surface area contributed by atoms with Crippen LogP contribution in [0.2, 0.25) is 5.02 Å². The molecule has 31 heavy (non-hydrogen) atoms. The molecule has 0 amide bonds. The molecule has 1 aromatic rings. The van der Waals surface area contributed by atoms with Crippen molar-refractivity contribution in [1.82, 2.24) is 4.90 Å². The number of esters is 1. The Balaban J connectivity index is 1.17. The van der Waals surface area contributed by atoms with Gasteiger partial charge >= 0.3 is 5.97 Å². The van der Waals surface area contributed by atoms with Crippen LogP contribution in [0, 0.1) is 23.7 Å². The van der Waals surface area contributed by atoms with E-state index in [0.29, 0.717) is 17.8 Å². The molecule has 1 aromatic carbocycles. The minimum atomic E-state index is -0.366. The zero-order valence-electron chi connectivity index (χ0n) is 18.6. The van der Waals surface area contributed by atoms with Crippen molar-refractivity contribution in [2.75, 3.05) is 37.6 Å². The fraction of sp³-hybridized carbons (Fsp3) is 0.720. The Bertz CT molecular complexity index is 887. The molecule has 5 fully saturated rings. The highest BCUT2D eigenvalue weighted by Crippen LogP contribution is 2.66. The number of fused-ring (bicyclic) bond motifs is 1. The predicted octanol–water partition coefficient (Wildman–Crippen LogP) is 3.99. The van der Waals surface area contributed by atoms with E-state index in [0.717, 1.165) is 57.0 Å². The molecule has 0 aromatic heterocycles. The molecule has 5 aliphatic rings. The fourth-order valence-electron chi connectivity index (χ4n) is 7.40. The van der Waals surface area contributed by atoms with E-state index in [4.69, 9.17) is 21.1 Å². The van der Waals surface area contributed by atoms with Crippen LogP contribution in [0.25, 0.3) is 0 Å². The van der Waals surface area contributed by atoms with Crippen molar-refractivity contribution in [2.45, 2.75) is 56.8 Å². The van der Waals surface area contributed by atoms with Crippen LogP contribution < -0.4 is 4.90 Å². The van der Waals surface area contributed by atoms with E-state index in [-0.39, 0.29) is 29.2 Å². The normalized spacial score (nSPS) is 44.3. The maximum absolute atomic E-state index is 13.2. The van der Waals surface area contributed by atoms with Gasteiger partial charge in [0, 0.05) is 55.3 Å². The van der Waals surface area contributed by atoms with E-state index in [1.807, 2.05) is 18.2 Å². The molecule has 0 N–H and O–H groups in total.